The first-order valence-electron chi connectivity index (χ1n) is 5.23. The summed E-state index contributed by atoms with van der Waals surface area (Å²) in [5.74, 6) is 0. The van der Waals surface area contributed by atoms with Crippen LogP contribution < -0.4 is 0 Å². The lowest BCUT2D eigenvalue weighted by molar-refractivity contribution is -0.148. The van der Waals surface area contributed by atoms with E-state index < -0.39 is 18.8 Å². The van der Waals surface area contributed by atoms with Crippen LogP contribution in [0.15, 0.2) is 30.3 Å². The topological polar surface area (TPSA) is 27.0 Å². The van der Waals surface area contributed by atoms with Crippen LogP contribution in [0.2, 0.25) is 0 Å². The molecule has 0 spiro atoms. The molecule has 92 valence electrons. The van der Waals surface area contributed by atoms with Gasteiger partial charge in [-0.15, -0.1) is 0 Å². The lowest BCUT2D eigenvalue weighted by Gasteiger charge is -2.26. The molecule has 0 aliphatic heterocycles. The predicted molar refractivity (Wildman–Crippen MR) is 58.1 cm³/mol. The smallest absolute Gasteiger partial charge is 0.276 e. The minimum absolute atomic E-state index is 0.173. The van der Waals surface area contributed by atoms with Gasteiger partial charge in [0.25, 0.3) is 0 Å². The molecule has 1 unspecified atom stereocenters. The van der Waals surface area contributed by atoms with Gasteiger partial charge in [-0.25, -0.2) is 0 Å². The van der Waals surface area contributed by atoms with Crippen molar-refractivity contribution in [2.45, 2.75) is 19.1 Å². The molecule has 0 heterocycles. The number of nitrogens with zero attached hydrogens (tertiary/aromatic N) is 2. The van der Waals surface area contributed by atoms with Crippen molar-refractivity contribution in [3.8, 4) is 6.07 Å². The van der Waals surface area contributed by atoms with E-state index in [0.717, 1.165) is 4.90 Å². The Hall–Kier alpha value is -1.54. The minimum Gasteiger partial charge on any atom is -0.276 e. The Balaban J connectivity index is 2.89. The maximum Gasteiger partial charge on any atom is 0.401 e. The molecule has 0 N–H and O–H groups in total. The molecular weight excluding hydrogens is 229 g/mol. The van der Waals surface area contributed by atoms with Gasteiger partial charge in [0.1, 0.15) is 6.04 Å². The average Bonchev–Trinajstić information content (AvgIpc) is 2.28. The average molecular weight is 242 g/mol. The molecule has 2 nitrogen and oxygen atoms in total. The Morgan fingerprint density at radius 2 is 1.88 bits per heavy atom. The second-order valence-corrected chi connectivity index (χ2v) is 3.62. The highest BCUT2D eigenvalue weighted by atomic mass is 19.4. The van der Waals surface area contributed by atoms with E-state index in [-0.39, 0.29) is 6.54 Å². The van der Waals surface area contributed by atoms with Crippen LogP contribution in [0.5, 0.6) is 0 Å². The van der Waals surface area contributed by atoms with Crippen LogP contribution in [0.1, 0.15) is 18.5 Å². The van der Waals surface area contributed by atoms with Gasteiger partial charge in [-0.3, -0.25) is 4.90 Å². The van der Waals surface area contributed by atoms with E-state index in [4.69, 9.17) is 5.26 Å². The van der Waals surface area contributed by atoms with Crippen molar-refractivity contribution in [2.24, 2.45) is 0 Å². The molecule has 0 radical (unpaired) electrons. The van der Waals surface area contributed by atoms with E-state index in [1.165, 1.54) is 0 Å². The zero-order chi connectivity index (χ0) is 12.9. The van der Waals surface area contributed by atoms with Crippen molar-refractivity contribution < 1.29 is 13.2 Å². The zero-order valence-corrected chi connectivity index (χ0v) is 9.41. The van der Waals surface area contributed by atoms with E-state index in [2.05, 4.69) is 0 Å². The summed E-state index contributed by atoms with van der Waals surface area (Å²) < 4.78 is 37.1. The number of hydrogen-bond acceptors (Lipinski definition) is 2. The largest absolute Gasteiger partial charge is 0.401 e. The number of halogens is 3. The highest BCUT2D eigenvalue weighted by Gasteiger charge is 2.33. The summed E-state index contributed by atoms with van der Waals surface area (Å²) in [5, 5.41) is 9.02. The fraction of sp³-hybridized carbons (Fsp3) is 0.417. The van der Waals surface area contributed by atoms with Gasteiger partial charge in [-0.1, -0.05) is 37.3 Å². The molecular formula is C12H13F3N2. The molecule has 0 aliphatic carbocycles. The van der Waals surface area contributed by atoms with Crippen molar-refractivity contribution in [3.05, 3.63) is 35.9 Å². The molecule has 1 rings (SSSR count). The lowest BCUT2D eigenvalue weighted by atomic mass is 10.1. The molecule has 0 aromatic heterocycles. The third kappa shape index (κ3) is 4.08. The number of hydrogen-bond donors (Lipinski definition) is 0. The normalized spacial score (nSPS) is 13.4. The second-order valence-electron chi connectivity index (χ2n) is 3.62. The fourth-order valence-electron chi connectivity index (χ4n) is 1.62. The van der Waals surface area contributed by atoms with Gasteiger partial charge in [-0.2, -0.15) is 18.4 Å². The second kappa shape index (κ2) is 5.69. The first-order valence-corrected chi connectivity index (χ1v) is 5.23. The summed E-state index contributed by atoms with van der Waals surface area (Å²) in [4.78, 5) is 1.11. The molecule has 17 heavy (non-hydrogen) atoms. The van der Waals surface area contributed by atoms with Crippen molar-refractivity contribution in [1.29, 1.82) is 5.26 Å². The summed E-state index contributed by atoms with van der Waals surface area (Å²) in [5.41, 5.74) is 0.584. The highest BCUT2D eigenvalue weighted by Crippen LogP contribution is 2.24. The molecule has 0 saturated carbocycles. The summed E-state index contributed by atoms with van der Waals surface area (Å²) in [6.45, 7) is 0.711. The van der Waals surface area contributed by atoms with Gasteiger partial charge in [-0.05, 0) is 12.1 Å². The molecule has 0 bridgehead atoms. The van der Waals surface area contributed by atoms with Crippen LogP contribution in [0.25, 0.3) is 0 Å². The van der Waals surface area contributed by atoms with Crippen molar-refractivity contribution in [3.63, 3.8) is 0 Å². The quantitative estimate of drug-likeness (QED) is 0.811. The zero-order valence-electron chi connectivity index (χ0n) is 9.41. The van der Waals surface area contributed by atoms with Crippen molar-refractivity contribution in [2.75, 3.05) is 13.1 Å². The Morgan fingerprint density at radius 1 is 1.29 bits per heavy atom. The first kappa shape index (κ1) is 13.5. The van der Waals surface area contributed by atoms with Crippen LogP contribution in [0.3, 0.4) is 0 Å². The minimum atomic E-state index is -4.29. The fourth-order valence-corrected chi connectivity index (χ4v) is 1.62. The predicted octanol–water partition coefficient (Wildman–Crippen LogP) is 3.14. The number of rotatable bonds is 4. The van der Waals surface area contributed by atoms with Crippen LogP contribution in [0.4, 0.5) is 13.2 Å². The molecule has 1 aromatic rings. The Bertz CT molecular complexity index is 381. The number of alkyl halides is 3. The molecule has 1 aromatic carbocycles. The standard InChI is InChI=1S/C12H13F3N2/c1-2-17(9-12(13,14)15)11(8-16)10-6-4-3-5-7-10/h3-7,11H,2,9H2,1H3. The van der Waals surface area contributed by atoms with Gasteiger partial charge >= 0.3 is 6.18 Å². The van der Waals surface area contributed by atoms with E-state index >= 15 is 0 Å². The maximum absolute atomic E-state index is 12.4. The third-order valence-corrected chi connectivity index (χ3v) is 2.39. The van der Waals surface area contributed by atoms with Gasteiger partial charge in [0.2, 0.25) is 0 Å². The van der Waals surface area contributed by atoms with Crippen LogP contribution >= 0.6 is 0 Å². The lowest BCUT2D eigenvalue weighted by Crippen LogP contribution is -2.36. The highest BCUT2D eigenvalue weighted by molar-refractivity contribution is 5.24. The first-order chi connectivity index (χ1) is 7.98. The monoisotopic (exact) mass is 242 g/mol. The summed E-state index contributed by atoms with van der Waals surface area (Å²) >= 11 is 0. The molecule has 0 amide bonds. The molecule has 1 atom stereocenters. The van der Waals surface area contributed by atoms with E-state index in [1.54, 1.807) is 37.3 Å². The molecule has 0 aliphatic rings. The molecule has 0 fully saturated rings. The molecule has 0 saturated heterocycles. The summed E-state index contributed by atoms with van der Waals surface area (Å²) in [6.07, 6.45) is -4.29. The maximum atomic E-state index is 12.4. The number of benzene rings is 1. The van der Waals surface area contributed by atoms with Crippen LogP contribution in [-0.4, -0.2) is 24.2 Å². The van der Waals surface area contributed by atoms with E-state index in [1.807, 2.05) is 6.07 Å². The SMILES string of the molecule is CCN(CC(F)(F)F)C(C#N)c1ccccc1. The van der Waals surface area contributed by atoms with Gasteiger partial charge in [0.15, 0.2) is 0 Å². The number of nitriles is 1. The Kier molecular flexibility index (Phi) is 4.53. The third-order valence-electron chi connectivity index (χ3n) is 2.39. The summed E-state index contributed by atoms with van der Waals surface area (Å²) in [6, 6.07) is 9.56. The van der Waals surface area contributed by atoms with Crippen LogP contribution in [-0.2, 0) is 0 Å². The Morgan fingerprint density at radius 3 is 2.29 bits per heavy atom. The van der Waals surface area contributed by atoms with E-state index in [0.29, 0.717) is 5.56 Å². The molecule has 5 heteroatoms. The van der Waals surface area contributed by atoms with Gasteiger partial charge in [0, 0.05) is 0 Å². The van der Waals surface area contributed by atoms with Gasteiger partial charge < -0.3 is 0 Å². The van der Waals surface area contributed by atoms with Crippen molar-refractivity contribution >= 4 is 0 Å². The van der Waals surface area contributed by atoms with Gasteiger partial charge in [0.05, 0.1) is 12.6 Å². The Labute approximate surface area is 98.3 Å². The summed E-state index contributed by atoms with van der Waals surface area (Å²) in [7, 11) is 0. The van der Waals surface area contributed by atoms with Crippen LogP contribution in [0, 0.1) is 11.3 Å². The van der Waals surface area contributed by atoms with Crippen molar-refractivity contribution in [1.82, 2.24) is 4.90 Å². The van der Waals surface area contributed by atoms with E-state index in [9.17, 15) is 13.2 Å².